The Bertz CT molecular complexity index is 593. The van der Waals surface area contributed by atoms with Crippen molar-refractivity contribution < 1.29 is 0 Å². The zero-order valence-corrected chi connectivity index (χ0v) is 13.0. The summed E-state index contributed by atoms with van der Waals surface area (Å²) in [5.41, 5.74) is 9.87. The molecule has 0 spiro atoms. The lowest BCUT2D eigenvalue weighted by atomic mass is 10.2. The number of benzene rings is 1. The Kier molecular flexibility index (Phi) is 4.42. The molecule has 0 unspecified atom stereocenters. The Hall–Kier alpha value is -1.13. The second-order valence-corrected chi connectivity index (χ2v) is 5.89. The molecule has 0 aliphatic heterocycles. The molecule has 0 aliphatic carbocycles. The quantitative estimate of drug-likeness (QED) is 0.689. The molecule has 3 nitrogen and oxygen atoms in total. The van der Waals surface area contributed by atoms with Crippen molar-refractivity contribution in [1.82, 2.24) is 9.78 Å². The average Bonchev–Trinajstić information content (AvgIpc) is 2.66. The van der Waals surface area contributed by atoms with E-state index in [2.05, 4.69) is 18.9 Å². The van der Waals surface area contributed by atoms with Crippen LogP contribution < -0.4 is 5.73 Å². The van der Waals surface area contributed by atoms with E-state index < -0.39 is 0 Å². The lowest BCUT2D eigenvalue weighted by Gasteiger charge is -2.07. The number of aromatic nitrogens is 2. The molecule has 0 amide bonds. The maximum atomic E-state index is 6.35. The first kappa shape index (κ1) is 14.3. The summed E-state index contributed by atoms with van der Waals surface area (Å²) < 4.78 is 1.87. The first-order valence-corrected chi connectivity index (χ1v) is 7.58. The number of hydrogen-bond donors (Lipinski definition) is 1. The van der Waals surface area contributed by atoms with Crippen LogP contribution in [-0.2, 0) is 19.2 Å². The SMILES string of the molecule is CCc1nn(C)c(CSc2cc(N)ccc2C)c1Cl. The van der Waals surface area contributed by atoms with Gasteiger partial charge in [0.25, 0.3) is 0 Å². The van der Waals surface area contributed by atoms with Crippen LogP contribution in [0.4, 0.5) is 5.69 Å². The summed E-state index contributed by atoms with van der Waals surface area (Å²) >= 11 is 8.09. The van der Waals surface area contributed by atoms with Gasteiger partial charge in [0.05, 0.1) is 16.4 Å². The molecule has 1 aromatic carbocycles. The van der Waals surface area contributed by atoms with Crippen molar-refractivity contribution in [3.8, 4) is 0 Å². The maximum absolute atomic E-state index is 6.35. The topological polar surface area (TPSA) is 43.8 Å². The van der Waals surface area contributed by atoms with Crippen LogP contribution in [0.25, 0.3) is 0 Å². The van der Waals surface area contributed by atoms with Crippen LogP contribution in [0.15, 0.2) is 23.1 Å². The molecular formula is C14H18ClN3S. The number of aryl methyl sites for hydroxylation is 3. The summed E-state index contributed by atoms with van der Waals surface area (Å²) in [4.78, 5) is 1.19. The maximum Gasteiger partial charge on any atom is 0.0858 e. The Morgan fingerprint density at radius 2 is 2.16 bits per heavy atom. The fourth-order valence-electron chi connectivity index (χ4n) is 1.89. The highest BCUT2D eigenvalue weighted by atomic mass is 35.5. The van der Waals surface area contributed by atoms with Gasteiger partial charge < -0.3 is 5.73 Å². The third-order valence-electron chi connectivity index (χ3n) is 3.08. The fourth-order valence-corrected chi connectivity index (χ4v) is 3.47. The van der Waals surface area contributed by atoms with E-state index >= 15 is 0 Å². The molecular weight excluding hydrogens is 278 g/mol. The van der Waals surface area contributed by atoms with Crippen LogP contribution in [-0.4, -0.2) is 9.78 Å². The Balaban J connectivity index is 2.19. The van der Waals surface area contributed by atoms with Gasteiger partial charge in [-0.2, -0.15) is 5.10 Å². The van der Waals surface area contributed by atoms with E-state index in [9.17, 15) is 0 Å². The molecule has 19 heavy (non-hydrogen) atoms. The van der Waals surface area contributed by atoms with Crippen molar-refractivity contribution >= 4 is 29.1 Å². The van der Waals surface area contributed by atoms with Crippen LogP contribution in [0.1, 0.15) is 23.9 Å². The first-order chi connectivity index (χ1) is 9.02. The van der Waals surface area contributed by atoms with Crippen LogP contribution >= 0.6 is 23.4 Å². The number of thioether (sulfide) groups is 1. The third kappa shape index (κ3) is 3.07. The van der Waals surface area contributed by atoms with E-state index in [1.165, 1.54) is 10.5 Å². The van der Waals surface area contributed by atoms with Gasteiger partial charge in [-0.1, -0.05) is 24.6 Å². The van der Waals surface area contributed by atoms with Crippen molar-refractivity contribution in [2.75, 3.05) is 5.73 Å². The largest absolute Gasteiger partial charge is 0.399 e. The lowest BCUT2D eigenvalue weighted by Crippen LogP contribution is -1.97. The zero-order chi connectivity index (χ0) is 14.0. The molecule has 2 N–H and O–H groups in total. The van der Waals surface area contributed by atoms with Crippen LogP contribution in [0.5, 0.6) is 0 Å². The predicted octanol–water partition coefficient (Wildman–Crippen LogP) is 3.82. The van der Waals surface area contributed by atoms with Gasteiger partial charge in [-0.15, -0.1) is 11.8 Å². The van der Waals surface area contributed by atoms with E-state index in [0.717, 1.165) is 34.3 Å². The average molecular weight is 296 g/mol. The highest BCUT2D eigenvalue weighted by Gasteiger charge is 2.13. The summed E-state index contributed by atoms with van der Waals surface area (Å²) in [7, 11) is 1.94. The monoisotopic (exact) mass is 295 g/mol. The molecule has 102 valence electrons. The van der Waals surface area contributed by atoms with Gasteiger partial charge in [0.1, 0.15) is 0 Å². The highest BCUT2D eigenvalue weighted by molar-refractivity contribution is 7.98. The zero-order valence-electron chi connectivity index (χ0n) is 11.4. The summed E-state index contributed by atoms with van der Waals surface area (Å²) in [6.45, 7) is 4.15. The molecule has 5 heteroatoms. The minimum atomic E-state index is 0.790. The number of hydrogen-bond acceptors (Lipinski definition) is 3. The molecule has 0 atom stereocenters. The van der Waals surface area contributed by atoms with Gasteiger partial charge in [-0.3, -0.25) is 4.68 Å². The molecule has 1 heterocycles. The molecule has 0 radical (unpaired) electrons. The number of nitrogen functional groups attached to an aromatic ring is 1. The molecule has 0 aliphatic rings. The molecule has 0 saturated heterocycles. The fraction of sp³-hybridized carbons (Fsp3) is 0.357. The van der Waals surface area contributed by atoms with E-state index in [4.69, 9.17) is 17.3 Å². The van der Waals surface area contributed by atoms with Gasteiger partial charge in [-0.05, 0) is 31.0 Å². The summed E-state index contributed by atoms with van der Waals surface area (Å²) in [5.74, 6) is 0.798. The molecule has 0 bridgehead atoms. The van der Waals surface area contributed by atoms with E-state index in [1.54, 1.807) is 11.8 Å². The number of halogens is 1. The number of nitrogens with zero attached hydrogens (tertiary/aromatic N) is 2. The Morgan fingerprint density at radius 3 is 2.79 bits per heavy atom. The summed E-state index contributed by atoms with van der Waals surface area (Å²) in [6, 6.07) is 5.97. The molecule has 2 rings (SSSR count). The van der Waals surface area contributed by atoms with E-state index in [-0.39, 0.29) is 0 Å². The van der Waals surface area contributed by atoms with Crippen molar-refractivity contribution in [3.63, 3.8) is 0 Å². The summed E-state index contributed by atoms with van der Waals surface area (Å²) in [6.07, 6.45) is 0.856. The van der Waals surface area contributed by atoms with Gasteiger partial charge >= 0.3 is 0 Å². The molecule has 0 fully saturated rings. The van der Waals surface area contributed by atoms with Crippen molar-refractivity contribution in [2.45, 2.75) is 30.9 Å². The van der Waals surface area contributed by atoms with Gasteiger partial charge in [0, 0.05) is 23.4 Å². The van der Waals surface area contributed by atoms with Gasteiger partial charge in [0.2, 0.25) is 0 Å². The van der Waals surface area contributed by atoms with Crippen molar-refractivity contribution in [3.05, 3.63) is 40.2 Å². The second-order valence-electron chi connectivity index (χ2n) is 4.50. The predicted molar refractivity (Wildman–Crippen MR) is 82.7 cm³/mol. The molecule has 0 saturated carbocycles. The van der Waals surface area contributed by atoms with Crippen molar-refractivity contribution in [2.24, 2.45) is 7.05 Å². The van der Waals surface area contributed by atoms with Crippen molar-refractivity contribution in [1.29, 1.82) is 0 Å². The van der Waals surface area contributed by atoms with Gasteiger partial charge in [-0.25, -0.2) is 0 Å². The number of nitrogens with two attached hydrogens (primary N) is 1. The Labute approximate surface area is 123 Å². The number of anilines is 1. The van der Waals surface area contributed by atoms with E-state index in [0.29, 0.717) is 0 Å². The molecule has 1 aromatic heterocycles. The molecule has 2 aromatic rings. The lowest BCUT2D eigenvalue weighted by molar-refractivity contribution is 0.720. The minimum Gasteiger partial charge on any atom is -0.399 e. The number of rotatable bonds is 4. The third-order valence-corrected chi connectivity index (χ3v) is 4.68. The Morgan fingerprint density at radius 1 is 1.42 bits per heavy atom. The smallest absolute Gasteiger partial charge is 0.0858 e. The summed E-state index contributed by atoms with van der Waals surface area (Å²) in [5, 5.41) is 5.22. The minimum absolute atomic E-state index is 0.790. The van der Waals surface area contributed by atoms with Crippen LogP contribution in [0.2, 0.25) is 5.02 Å². The van der Waals surface area contributed by atoms with Gasteiger partial charge in [0.15, 0.2) is 0 Å². The second kappa shape index (κ2) is 5.88. The normalized spacial score (nSPS) is 10.9. The van der Waals surface area contributed by atoms with E-state index in [1.807, 2.05) is 29.9 Å². The first-order valence-electron chi connectivity index (χ1n) is 6.22. The standard InChI is InChI=1S/C14H18ClN3S/c1-4-11-14(15)12(18(3)17-11)8-19-13-7-10(16)6-5-9(13)2/h5-7H,4,8,16H2,1-3H3. The van der Waals surface area contributed by atoms with Crippen LogP contribution in [0.3, 0.4) is 0 Å². The highest BCUT2D eigenvalue weighted by Crippen LogP contribution is 2.31. The van der Waals surface area contributed by atoms with Crippen LogP contribution in [0, 0.1) is 6.92 Å².